The number of aromatic amines is 1. The van der Waals surface area contributed by atoms with Gasteiger partial charge in [0.05, 0.1) is 0 Å². The maximum atomic E-state index is 5.91. The first kappa shape index (κ1) is 11.2. The summed E-state index contributed by atoms with van der Waals surface area (Å²) < 4.78 is 0. The number of nitrogens with zero attached hydrogens (tertiary/aromatic N) is 1. The van der Waals surface area contributed by atoms with Crippen molar-refractivity contribution in [2.45, 2.75) is 13.0 Å². The van der Waals surface area contributed by atoms with Gasteiger partial charge in [0.25, 0.3) is 0 Å². The van der Waals surface area contributed by atoms with Crippen LogP contribution < -0.4 is 5.32 Å². The van der Waals surface area contributed by atoms with E-state index in [0.29, 0.717) is 0 Å². The molecule has 0 amide bonds. The molecule has 0 aliphatic carbocycles. The van der Waals surface area contributed by atoms with E-state index in [1.54, 1.807) is 6.20 Å². The molecule has 0 fully saturated rings. The van der Waals surface area contributed by atoms with Crippen molar-refractivity contribution in [2.24, 2.45) is 0 Å². The molecule has 0 aliphatic rings. The Hall–Kier alpha value is -1.32. The van der Waals surface area contributed by atoms with Gasteiger partial charge in [-0.05, 0) is 36.7 Å². The van der Waals surface area contributed by atoms with E-state index in [1.807, 2.05) is 24.3 Å². The van der Waals surface area contributed by atoms with E-state index in [1.165, 1.54) is 5.56 Å². The average molecular weight is 236 g/mol. The van der Waals surface area contributed by atoms with Crippen molar-refractivity contribution in [3.8, 4) is 0 Å². The predicted octanol–water partition coefficient (Wildman–Crippen LogP) is 2.40. The maximum Gasteiger partial charge on any atom is 0.0490 e. The fraction of sp³-hybridized carbons (Fsp3) is 0.250. The predicted molar refractivity (Wildman–Crippen MR) is 65.5 cm³/mol. The number of halogens is 1. The minimum Gasteiger partial charge on any atom is -0.311 e. The zero-order valence-electron chi connectivity index (χ0n) is 8.91. The lowest BCUT2D eigenvalue weighted by Crippen LogP contribution is -2.16. The molecule has 0 bridgehead atoms. The van der Waals surface area contributed by atoms with Crippen molar-refractivity contribution in [1.29, 1.82) is 0 Å². The molecule has 0 aliphatic heterocycles. The Balaban J connectivity index is 1.72. The first-order valence-corrected chi connectivity index (χ1v) is 5.66. The van der Waals surface area contributed by atoms with Crippen LogP contribution in [0, 0.1) is 0 Å². The smallest absolute Gasteiger partial charge is 0.0490 e. The molecular formula is C12H14ClN3. The Morgan fingerprint density at radius 3 is 3.00 bits per heavy atom. The van der Waals surface area contributed by atoms with Crippen LogP contribution in [0.25, 0.3) is 0 Å². The minimum absolute atomic E-state index is 0.797. The molecule has 0 spiro atoms. The highest BCUT2D eigenvalue weighted by Gasteiger charge is 1.95. The van der Waals surface area contributed by atoms with E-state index >= 15 is 0 Å². The lowest BCUT2D eigenvalue weighted by molar-refractivity contribution is 0.673. The second-order valence-corrected chi connectivity index (χ2v) is 4.08. The Morgan fingerprint density at radius 2 is 2.25 bits per heavy atom. The normalized spacial score (nSPS) is 10.6. The Morgan fingerprint density at radius 1 is 1.31 bits per heavy atom. The molecule has 1 aromatic carbocycles. The van der Waals surface area contributed by atoms with Gasteiger partial charge in [0.2, 0.25) is 0 Å². The molecule has 2 N–H and O–H groups in total. The molecule has 1 aromatic heterocycles. The highest BCUT2D eigenvalue weighted by Crippen LogP contribution is 2.10. The summed E-state index contributed by atoms with van der Waals surface area (Å²) in [7, 11) is 0. The highest BCUT2D eigenvalue weighted by atomic mass is 35.5. The number of rotatable bonds is 5. The van der Waals surface area contributed by atoms with Crippen LogP contribution in [-0.2, 0) is 13.0 Å². The third-order valence-corrected chi connectivity index (χ3v) is 2.59. The van der Waals surface area contributed by atoms with E-state index in [0.717, 1.165) is 30.2 Å². The van der Waals surface area contributed by atoms with Crippen molar-refractivity contribution in [1.82, 2.24) is 15.5 Å². The van der Waals surface area contributed by atoms with Gasteiger partial charge in [-0.15, -0.1) is 0 Å². The summed E-state index contributed by atoms with van der Waals surface area (Å²) in [6.45, 7) is 1.75. The van der Waals surface area contributed by atoms with Gasteiger partial charge in [0, 0.05) is 23.5 Å². The van der Waals surface area contributed by atoms with Crippen LogP contribution in [0.2, 0.25) is 5.02 Å². The number of H-pyrrole nitrogens is 1. The van der Waals surface area contributed by atoms with Crippen molar-refractivity contribution >= 4 is 11.6 Å². The summed E-state index contributed by atoms with van der Waals surface area (Å²) in [6, 6.07) is 9.92. The number of nitrogens with one attached hydrogen (secondary N) is 2. The van der Waals surface area contributed by atoms with Crippen LogP contribution in [0.4, 0.5) is 0 Å². The van der Waals surface area contributed by atoms with Gasteiger partial charge in [-0.3, -0.25) is 5.10 Å². The standard InChI is InChI=1S/C12H14ClN3/c13-11-3-1-2-10(8-11)4-6-14-9-12-5-7-15-16-12/h1-3,5,7-8,14H,4,6,9H2,(H,15,16). The van der Waals surface area contributed by atoms with Crippen LogP contribution >= 0.6 is 11.6 Å². The molecule has 16 heavy (non-hydrogen) atoms. The van der Waals surface area contributed by atoms with Gasteiger partial charge < -0.3 is 5.32 Å². The van der Waals surface area contributed by atoms with Gasteiger partial charge in [0.15, 0.2) is 0 Å². The highest BCUT2D eigenvalue weighted by molar-refractivity contribution is 6.30. The lowest BCUT2D eigenvalue weighted by Gasteiger charge is -2.03. The molecule has 0 atom stereocenters. The second kappa shape index (κ2) is 5.68. The molecule has 3 nitrogen and oxygen atoms in total. The summed E-state index contributed by atoms with van der Waals surface area (Å²) in [4.78, 5) is 0. The summed E-state index contributed by atoms with van der Waals surface area (Å²) in [5.41, 5.74) is 2.36. The number of hydrogen-bond donors (Lipinski definition) is 2. The Labute approximate surface area is 99.8 Å². The van der Waals surface area contributed by atoms with E-state index in [9.17, 15) is 0 Å². The molecule has 2 rings (SSSR count). The van der Waals surface area contributed by atoms with Gasteiger partial charge >= 0.3 is 0 Å². The van der Waals surface area contributed by atoms with E-state index in [-0.39, 0.29) is 0 Å². The van der Waals surface area contributed by atoms with E-state index in [4.69, 9.17) is 11.6 Å². The zero-order valence-corrected chi connectivity index (χ0v) is 9.67. The summed E-state index contributed by atoms with van der Waals surface area (Å²) >= 11 is 5.91. The molecule has 1 heterocycles. The molecule has 4 heteroatoms. The van der Waals surface area contributed by atoms with Gasteiger partial charge in [-0.1, -0.05) is 23.7 Å². The average Bonchev–Trinajstić information content (AvgIpc) is 2.77. The topological polar surface area (TPSA) is 40.7 Å². The van der Waals surface area contributed by atoms with Crippen molar-refractivity contribution in [2.75, 3.05) is 6.54 Å². The fourth-order valence-electron chi connectivity index (χ4n) is 1.53. The van der Waals surface area contributed by atoms with Crippen LogP contribution in [0.5, 0.6) is 0 Å². The van der Waals surface area contributed by atoms with Crippen molar-refractivity contribution in [3.63, 3.8) is 0 Å². The SMILES string of the molecule is Clc1cccc(CCNCc2ccn[nH]2)c1. The molecule has 0 unspecified atom stereocenters. The minimum atomic E-state index is 0.797. The van der Waals surface area contributed by atoms with Crippen LogP contribution in [-0.4, -0.2) is 16.7 Å². The fourth-order valence-corrected chi connectivity index (χ4v) is 1.74. The second-order valence-electron chi connectivity index (χ2n) is 3.64. The largest absolute Gasteiger partial charge is 0.311 e. The van der Waals surface area contributed by atoms with Gasteiger partial charge in [-0.2, -0.15) is 5.10 Å². The third-order valence-electron chi connectivity index (χ3n) is 2.35. The number of hydrogen-bond acceptors (Lipinski definition) is 2. The van der Waals surface area contributed by atoms with E-state index < -0.39 is 0 Å². The molecule has 0 saturated carbocycles. The van der Waals surface area contributed by atoms with Crippen LogP contribution in [0.1, 0.15) is 11.3 Å². The number of benzene rings is 1. The Kier molecular flexibility index (Phi) is 3.97. The molecule has 84 valence electrons. The van der Waals surface area contributed by atoms with Crippen molar-refractivity contribution < 1.29 is 0 Å². The van der Waals surface area contributed by atoms with Gasteiger partial charge in [-0.25, -0.2) is 0 Å². The third kappa shape index (κ3) is 3.36. The van der Waals surface area contributed by atoms with Gasteiger partial charge in [0.1, 0.15) is 0 Å². The van der Waals surface area contributed by atoms with Crippen LogP contribution in [0.15, 0.2) is 36.5 Å². The summed E-state index contributed by atoms with van der Waals surface area (Å²) in [5.74, 6) is 0. The van der Waals surface area contributed by atoms with E-state index in [2.05, 4.69) is 21.6 Å². The molecule has 0 saturated heterocycles. The first-order chi connectivity index (χ1) is 7.84. The summed E-state index contributed by atoms with van der Waals surface area (Å²) in [5, 5.41) is 10.9. The van der Waals surface area contributed by atoms with Crippen LogP contribution in [0.3, 0.4) is 0 Å². The Bertz CT molecular complexity index is 426. The summed E-state index contributed by atoms with van der Waals surface area (Å²) in [6.07, 6.45) is 2.74. The maximum absolute atomic E-state index is 5.91. The monoisotopic (exact) mass is 235 g/mol. The molecule has 0 radical (unpaired) electrons. The molecular weight excluding hydrogens is 222 g/mol. The zero-order chi connectivity index (χ0) is 11.2. The first-order valence-electron chi connectivity index (χ1n) is 5.28. The number of aromatic nitrogens is 2. The van der Waals surface area contributed by atoms with Crippen molar-refractivity contribution in [3.05, 3.63) is 52.8 Å². The quantitative estimate of drug-likeness (QED) is 0.782. The lowest BCUT2D eigenvalue weighted by atomic mass is 10.1. The molecule has 2 aromatic rings.